The minimum Gasteiger partial charge on any atom is -0.454 e. The van der Waals surface area contributed by atoms with Gasteiger partial charge in [0.2, 0.25) is 0 Å². The van der Waals surface area contributed by atoms with Crippen LogP contribution in [-0.2, 0) is 14.3 Å². The van der Waals surface area contributed by atoms with E-state index in [1.165, 1.54) is 23.5 Å². The van der Waals surface area contributed by atoms with E-state index in [1.807, 2.05) is 0 Å². The molecule has 2 aromatic rings. The van der Waals surface area contributed by atoms with Crippen LogP contribution < -0.4 is 10.6 Å². The van der Waals surface area contributed by atoms with Crippen LogP contribution in [-0.4, -0.2) is 30.9 Å². The van der Waals surface area contributed by atoms with E-state index in [4.69, 9.17) is 16.3 Å². The Morgan fingerprint density at radius 3 is 2.75 bits per heavy atom. The number of amides is 2. The maximum absolute atomic E-state index is 13.4. The molecule has 0 spiro atoms. The monoisotopic (exact) mass is 370 g/mol. The third-order valence-corrected chi connectivity index (χ3v) is 3.81. The minimum atomic E-state index is -0.790. The fourth-order valence-corrected chi connectivity index (χ4v) is 2.44. The molecule has 1 aromatic heterocycles. The molecule has 126 valence electrons. The molecule has 6 nitrogen and oxygen atoms in total. The summed E-state index contributed by atoms with van der Waals surface area (Å²) >= 11 is 6.93. The largest absolute Gasteiger partial charge is 0.454 e. The van der Waals surface area contributed by atoms with E-state index in [0.29, 0.717) is 4.88 Å². The van der Waals surface area contributed by atoms with Crippen LogP contribution in [0.2, 0.25) is 5.02 Å². The van der Waals surface area contributed by atoms with Crippen molar-refractivity contribution in [3.05, 3.63) is 51.4 Å². The number of anilines is 1. The van der Waals surface area contributed by atoms with Crippen LogP contribution in [0.3, 0.4) is 0 Å². The zero-order valence-corrected chi connectivity index (χ0v) is 13.7. The van der Waals surface area contributed by atoms with E-state index in [0.717, 1.165) is 6.07 Å². The fourth-order valence-electron chi connectivity index (χ4n) is 1.62. The van der Waals surface area contributed by atoms with Gasteiger partial charge < -0.3 is 15.4 Å². The Balaban J connectivity index is 1.74. The Hall–Kier alpha value is -2.45. The van der Waals surface area contributed by atoms with Crippen LogP contribution in [0.15, 0.2) is 35.7 Å². The van der Waals surface area contributed by atoms with Gasteiger partial charge in [0.05, 0.1) is 10.6 Å². The first-order valence-electron chi connectivity index (χ1n) is 6.68. The topological polar surface area (TPSA) is 84.5 Å². The first-order valence-corrected chi connectivity index (χ1v) is 7.93. The number of carbonyl (C=O) groups excluding carboxylic acids is 3. The van der Waals surface area contributed by atoms with Crippen molar-refractivity contribution in [3.63, 3.8) is 0 Å². The molecular weight excluding hydrogens is 359 g/mol. The van der Waals surface area contributed by atoms with Gasteiger partial charge in [-0.2, -0.15) is 0 Å². The SMILES string of the molecule is O=C(COC(=O)CNC(=O)c1cccs1)Nc1cc(Cl)ccc1F. The molecule has 0 aliphatic rings. The molecule has 0 saturated carbocycles. The highest BCUT2D eigenvalue weighted by Gasteiger charge is 2.12. The summed E-state index contributed by atoms with van der Waals surface area (Å²) in [5.74, 6) is -2.59. The summed E-state index contributed by atoms with van der Waals surface area (Å²) in [6, 6.07) is 6.99. The summed E-state index contributed by atoms with van der Waals surface area (Å²) in [5, 5.41) is 6.57. The Morgan fingerprint density at radius 1 is 1.25 bits per heavy atom. The van der Waals surface area contributed by atoms with Gasteiger partial charge >= 0.3 is 5.97 Å². The number of thiophene rings is 1. The van der Waals surface area contributed by atoms with Crippen molar-refractivity contribution in [2.75, 3.05) is 18.5 Å². The van der Waals surface area contributed by atoms with Crippen molar-refractivity contribution in [2.45, 2.75) is 0 Å². The van der Waals surface area contributed by atoms with Crippen molar-refractivity contribution in [1.82, 2.24) is 5.32 Å². The number of nitrogens with one attached hydrogen (secondary N) is 2. The molecule has 24 heavy (non-hydrogen) atoms. The molecule has 0 saturated heterocycles. The molecule has 0 radical (unpaired) electrons. The predicted octanol–water partition coefficient (Wildman–Crippen LogP) is 2.45. The molecule has 0 bridgehead atoms. The van der Waals surface area contributed by atoms with Gasteiger partial charge in [-0.25, -0.2) is 4.39 Å². The molecule has 2 rings (SSSR count). The molecule has 0 fully saturated rings. The van der Waals surface area contributed by atoms with Crippen LogP contribution in [0.1, 0.15) is 9.67 Å². The Labute approximate surface area is 145 Å². The summed E-state index contributed by atoms with van der Waals surface area (Å²) < 4.78 is 18.1. The van der Waals surface area contributed by atoms with Crippen molar-refractivity contribution in [1.29, 1.82) is 0 Å². The minimum absolute atomic E-state index is 0.116. The highest BCUT2D eigenvalue weighted by atomic mass is 35.5. The molecule has 0 unspecified atom stereocenters. The van der Waals surface area contributed by atoms with E-state index in [1.54, 1.807) is 17.5 Å². The highest BCUT2D eigenvalue weighted by Crippen LogP contribution is 2.19. The van der Waals surface area contributed by atoms with Gasteiger partial charge in [0.1, 0.15) is 12.4 Å². The zero-order chi connectivity index (χ0) is 17.5. The number of hydrogen-bond acceptors (Lipinski definition) is 5. The smallest absolute Gasteiger partial charge is 0.325 e. The first kappa shape index (κ1) is 17.9. The molecule has 0 aliphatic carbocycles. The second-order valence-corrected chi connectivity index (χ2v) is 5.88. The van der Waals surface area contributed by atoms with Gasteiger partial charge in [-0.05, 0) is 29.6 Å². The van der Waals surface area contributed by atoms with Gasteiger partial charge in [0.15, 0.2) is 6.61 Å². The molecule has 0 atom stereocenters. The van der Waals surface area contributed by atoms with Crippen LogP contribution in [0.4, 0.5) is 10.1 Å². The van der Waals surface area contributed by atoms with Gasteiger partial charge in [-0.3, -0.25) is 14.4 Å². The average molecular weight is 371 g/mol. The second kappa shape index (κ2) is 8.42. The maximum Gasteiger partial charge on any atom is 0.325 e. The van der Waals surface area contributed by atoms with Gasteiger partial charge in [-0.1, -0.05) is 17.7 Å². The van der Waals surface area contributed by atoms with E-state index >= 15 is 0 Å². The molecule has 0 aliphatic heterocycles. The molecule has 1 heterocycles. The quantitative estimate of drug-likeness (QED) is 0.765. The maximum atomic E-state index is 13.4. The third kappa shape index (κ3) is 5.32. The summed E-state index contributed by atoms with van der Waals surface area (Å²) in [6.07, 6.45) is 0. The lowest BCUT2D eigenvalue weighted by atomic mass is 10.3. The van der Waals surface area contributed by atoms with Gasteiger partial charge in [0.25, 0.3) is 11.8 Å². The van der Waals surface area contributed by atoms with Crippen LogP contribution in [0.25, 0.3) is 0 Å². The van der Waals surface area contributed by atoms with E-state index < -0.39 is 30.2 Å². The molecular formula is C15H12ClFN2O4S. The molecule has 1 aromatic carbocycles. The van der Waals surface area contributed by atoms with Crippen LogP contribution in [0, 0.1) is 5.82 Å². The van der Waals surface area contributed by atoms with E-state index in [2.05, 4.69) is 10.6 Å². The van der Waals surface area contributed by atoms with E-state index in [-0.39, 0.29) is 17.3 Å². The van der Waals surface area contributed by atoms with Crippen LogP contribution >= 0.6 is 22.9 Å². The van der Waals surface area contributed by atoms with Gasteiger partial charge in [-0.15, -0.1) is 11.3 Å². The van der Waals surface area contributed by atoms with Crippen molar-refractivity contribution >= 4 is 46.4 Å². The first-order chi connectivity index (χ1) is 11.5. The lowest BCUT2D eigenvalue weighted by Crippen LogP contribution is -2.31. The van der Waals surface area contributed by atoms with Crippen molar-refractivity contribution in [3.8, 4) is 0 Å². The number of hydrogen-bond donors (Lipinski definition) is 2. The normalized spacial score (nSPS) is 10.1. The highest BCUT2D eigenvalue weighted by molar-refractivity contribution is 7.12. The Bertz CT molecular complexity index is 752. The number of carbonyl (C=O) groups is 3. The third-order valence-electron chi connectivity index (χ3n) is 2.70. The summed E-state index contributed by atoms with van der Waals surface area (Å²) in [4.78, 5) is 35.2. The standard InChI is InChI=1S/C15H12ClFN2O4S/c16-9-3-4-10(17)11(6-9)19-13(20)8-23-14(21)7-18-15(22)12-2-1-5-24-12/h1-6H,7-8H2,(H,18,22)(H,19,20). The number of ether oxygens (including phenoxy) is 1. The lowest BCUT2D eigenvalue weighted by molar-refractivity contribution is -0.146. The van der Waals surface area contributed by atoms with E-state index in [9.17, 15) is 18.8 Å². The van der Waals surface area contributed by atoms with Crippen molar-refractivity contribution < 1.29 is 23.5 Å². The molecule has 9 heteroatoms. The Kier molecular flexibility index (Phi) is 6.28. The number of benzene rings is 1. The number of rotatable bonds is 6. The van der Waals surface area contributed by atoms with Crippen molar-refractivity contribution in [2.24, 2.45) is 0 Å². The predicted molar refractivity (Wildman–Crippen MR) is 87.7 cm³/mol. The van der Waals surface area contributed by atoms with Gasteiger partial charge in [0, 0.05) is 5.02 Å². The number of halogens is 2. The fraction of sp³-hybridized carbons (Fsp3) is 0.133. The average Bonchev–Trinajstić information content (AvgIpc) is 3.08. The zero-order valence-electron chi connectivity index (χ0n) is 12.2. The number of esters is 1. The Morgan fingerprint density at radius 2 is 2.04 bits per heavy atom. The summed E-state index contributed by atoms with van der Waals surface area (Å²) in [6.45, 7) is -0.991. The summed E-state index contributed by atoms with van der Waals surface area (Å²) in [7, 11) is 0. The lowest BCUT2D eigenvalue weighted by Gasteiger charge is -2.08. The van der Waals surface area contributed by atoms with Crippen LogP contribution in [0.5, 0.6) is 0 Å². The second-order valence-electron chi connectivity index (χ2n) is 4.49. The molecule has 2 N–H and O–H groups in total. The molecule has 2 amide bonds. The summed E-state index contributed by atoms with van der Waals surface area (Å²) in [5.41, 5.74) is -0.116.